The number of hydrogen-bond donors (Lipinski definition) is 1. The fourth-order valence-corrected chi connectivity index (χ4v) is 10.9. The van der Waals surface area contributed by atoms with Crippen LogP contribution in [0.5, 0.6) is 0 Å². The summed E-state index contributed by atoms with van der Waals surface area (Å²) in [7, 11) is 0. The van der Waals surface area contributed by atoms with Crippen LogP contribution in [0.4, 0.5) is 18.0 Å². The molecule has 10 heteroatoms. The molecule has 6 aliphatic carbocycles. The highest BCUT2D eigenvalue weighted by Gasteiger charge is 2.78. The smallest absolute Gasteiger partial charge is 0.431 e. The van der Waals surface area contributed by atoms with Gasteiger partial charge < -0.3 is 19.3 Å². The number of ketones is 1. The van der Waals surface area contributed by atoms with Gasteiger partial charge in [-0.05, 0) is 67.9 Å². The Bertz CT molecular complexity index is 1330. The summed E-state index contributed by atoms with van der Waals surface area (Å²) in [6, 6.07) is 0. The fraction of sp³-hybridized carbons (Fsp3) is 0.788. The maximum atomic E-state index is 17.6. The van der Waals surface area contributed by atoms with Crippen molar-refractivity contribution in [3.8, 4) is 0 Å². The standard InChI is InChI=1S/C33H43F3O7/c1-17-11-20-21-14-23(35)22-13-19(37)8-10-29(22,4)32(21,36)24(38)15-31(20,6)33(17,26(39)41-16-34)43-27(40)42-25-12-18-7-9-30(25,5)28(18,2)3/h8,10,17-18,20-21,24-25,38H,7,9,11-16H2,1-6H3/t17-,18+,20+,21+,24+,25+,29+,30-,31+,32+,33+/m1/s1. The van der Waals surface area contributed by atoms with E-state index in [1.54, 1.807) is 13.8 Å². The van der Waals surface area contributed by atoms with Gasteiger partial charge in [0.15, 0.2) is 11.5 Å². The third kappa shape index (κ3) is 3.56. The van der Waals surface area contributed by atoms with Crippen molar-refractivity contribution in [2.75, 3.05) is 6.86 Å². The van der Waals surface area contributed by atoms with Gasteiger partial charge in [-0.2, -0.15) is 0 Å². The van der Waals surface area contributed by atoms with Crippen molar-refractivity contribution in [3.05, 3.63) is 23.6 Å². The second kappa shape index (κ2) is 9.33. The topological polar surface area (TPSA) is 99.1 Å². The number of aliphatic hydroxyl groups excluding tert-OH is 1. The van der Waals surface area contributed by atoms with Crippen LogP contribution in [0, 0.1) is 45.3 Å². The molecule has 4 saturated carbocycles. The second-order valence-electron chi connectivity index (χ2n) is 15.4. The molecule has 0 aromatic carbocycles. The lowest BCUT2D eigenvalue weighted by atomic mass is 9.45. The molecule has 43 heavy (non-hydrogen) atoms. The Hall–Kier alpha value is -2.36. The van der Waals surface area contributed by atoms with Crippen molar-refractivity contribution in [1.29, 1.82) is 0 Å². The summed E-state index contributed by atoms with van der Waals surface area (Å²) >= 11 is 0. The van der Waals surface area contributed by atoms with Gasteiger partial charge in [0.1, 0.15) is 11.9 Å². The average molecular weight is 609 g/mol. The maximum absolute atomic E-state index is 17.6. The number of esters is 1. The van der Waals surface area contributed by atoms with E-state index in [4.69, 9.17) is 14.2 Å². The molecule has 11 atom stereocenters. The molecule has 238 valence electrons. The number of ether oxygens (including phenoxy) is 3. The van der Waals surface area contributed by atoms with Crippen molar-refractivity contribution in [2.45, 2.75) is 110 Å². The molecule has 0 aliphatic heterocycles. The molecule has 0 heterocycles. The molecule has 0 aromatic heterocycles. The van der Waals surface area contributed by atoms with Crippen LogP contribution >= 0.6 is 0 Å². The Labute approximate surface area is 250 Å². The van der Waals surface area contributed by atoms with Crippen LogP contribution in [0.3, 0.4) is 0 Å². The van der Waals surface area contributed by atoms with Crippen LogP contribution in [0.1, 0.15) is 86.5 Å². The van der Waals surface area contributed by atoms with Gasteiger partial charge in [0.05, 0.1) is 6.10 Å². The molecule has 0 saturated heterocycles. The molecular weight excluding hydrogens is 565 g/mol. The normalized spacial score (nSPS) is 49.3. The number of carbonyl (C=O) groups excluding carboxylic acids is 3. The molecule has 0 spiro atoms. The van der Waals surface area contributed by atoms with E-state index >= 15 is 8.78 Å². The predicted molar refractivity (Wildman–Crippen MR) is 148 cm³/mol. The lowest BCUT2D eigenvalue weighted by Gasteiger charge is -2.62. The zero-order valence-electron chi connectivity index (χ0n) is 25.8. The van der Waals surface area contributed by atoms with Gasteiger partial charge in [-0.15, -0.1) is 0 Å². The summed E-state index contributed by atoms with van der Waals surface area (Å²) in [6.07, 6.45) is 1.00. The van der Waals surface area contributed by atoms with Crippen LogP contribution in [-0.4, -0.2) is 53.4 Å². The van der Waals surface area contributed by atoms with E-state index < -0.39 is 76.9 Å². The summed E-state index contributed by atoms with van der Waals surface area (Å²) in [5, 5.41) is 11.7. The third-order valence-electron chi connectivity index (χ3n) is 13.9. The quantitative estimate of drug-likeness (QED) is 0.365. The van der Waals surface area contributed by atoms with Gasteiger partial charge in [-0.3, -0.25) is 4.79 Å². The Kier molecular flexibility index (Phi) is 6.65. The molecule has 0 radical (unpaired) electrons. The monoisotopic (exact) mass is 608 g/mol. The molecule has 6 aliphatic rings. The Morgan fingerprint density at radius 1 is 1.09 bits per heavy atom. The second-order valence-corrected chi connectivity index (χ2v) is 15.4. The van der Waals surface area contributed by atoms with Crippen LogP contribution in [0.2, 0.25) is 0 Å². The van der Waals surface area contributed by atoms with Crippen molar-refractivity contribution < 1.29 is 46.9 Å². The molecule has 4 fully saturated rings. The number of halogens is 3. The van der Waals surface area contributed by atoms with Crippen molar-refractivity contribution in [1.82, 2.24) is 0 Å². The van der Waals surface area contributed by atoms with Gasteiger partial charge in [-0.25, -0.2) is 22.8 Å². The molecule has 1 N–H and O–H groups in total. The highest BCUT2D eigenvalue weighted by atomic mass is 19.1. The molecule has 0 unspecified atom stereocenters. The van der Waals surface area contributed by atoms with Crippen LogP contribution < -0.4 is 0 Å². The van der Waals surface area contributed by atoms with E-state index in [-0.39, 0.29) is 47.9 Å². The number of rotatable bonds is 4. The first-order chi connectivity index (χ1) is 19.9. The fourth-order valence-electron chi connectivity index (χ4n) is 10.9. The van der Waals surface area contributed by atoms with E-state index in [0.717, 1.165) is 12.8 Å². The van der Waals surface area contributed by atoms with Gasteiger partial charge in [0, 0.05) is 40.9 Å². The lowest BCUT2D eigenvalue weighted by Crippen LogP contribution is -2.70. The van der Waals surface area contributed by atoms with Gasteiger partial charge in [-0.1, -0.05) is 40.7 Å². The van der Waals surface area contributed by atoms with Crippen LogP contribution in [0.15, 0.2) is 23.6 Å². The minimum atomic E-state index is -2.37. The Morgan fingerprint density at radius 2 is 1.79 bits per heavy atom. The Morgan fingerprint density at radius 3 is 2.40 bits per heavy atom. The molecule has 0 amide bonds. The van der Waals surface area contributed by atoms with Crippen LogP contribution in [-0.2, 0) is 23.8 Å². The lowest BCUT2D eigenvalue weighted by molar-refractivity contribution is -0.231. The first-order valence-corrected chi connectivity index (χ1v) is 15.5. The van der Waals surface area contributed by atoms with E-state index in [2.05, 4.69) is 20.8 Å². The van der Waals surface area contributed by atoms with Crippen molar-refractivity contribution in [2.24, 2.45) is 45.3 Å². The number of hydrogen-bond acceptors (Lipinski definition) is 7. The summed E-state index contributed by atoms with van der Waals surface area (Å²) in [5.74, 6) is -4.40. The highest BCUT2D eigenvalue weighted by molar-refractivity contribution is 5.93. The first kappa shape index (κ1) is 30.7. The first-order valence-electron chi connectivity index (χ1n) is 15.5. The molecule has 7 nitrogen and oxygen atoms in total. The summed E-state index contributed by atoms with van der Waals surface area (Å²) < 4.78 is 63.7. The molecular formula is C33H43F3O7. The SMILES string of the molecule is C[C@@H]1C[C@H]2[C@@H]3CC(F)=C4CC(=O)C=C[C@]4(C)[C@@]3(F)[C@@H](O)C[C@]2(C)[C@@]1(OC(=O)O[C@H]1C[C@@H]2CC[C@@]1(C)C2(C)C)C(=O)OCF. The maximum Gasteiger partial charge on any atom is 0.509 e. The zero-order valence-corrected chi connectivity index (χ0v) is 25.8. The van der Waals surface area contributed by atoms with E-state index in [1.165, 1.54) is 19.1 Å². The van der Waals surface area contributed by atoms with E-state index in [1.807, 2.05) is 0 Å². The zero-order chi connectivity index (χ0) is 31.5. The van der Waals surface area contributed by atoms with Crippen molar-refractivity contribution in [3.63, 3.8) is 0 Å². The minimum absolute atomic E-state index is 0.0256. The number of carbonyl (C=O) groups is 3. The summed E-state index contributed by atoms with van der Waals surface area (Å²) in [6.45, 7) is 9.70. The highest BCUT2D eigenvalue weighted by Crippen LogP contribution is 2.72. The predicted octanol–water partition coefficient (Wildman–Crippen LogP) is 6.48. The average Bonchev–Trinajstić information content (AvgIpc) is 3.36. The van der Waals surface area contributed by atoms with Gasteiger partial charge >= 0.3 is 12.1 Å². The van der Waals surface area contributed by atoms with Gasteiger partial charge in [0.2, 0.25) is 12.5 Å². The van der Waals surface area contributed by atoms with Crippen LogP contribution in [0.25, 0.3) is 0 Å². The summed E-state index contributed by atoms with van der Waals surface area (Å²) in [5.41, 5.74) is -7.86. The molecule has 0 aromatic rings. The Balaban J connectivity index is 1.38. The van der Waals surface area contributed by atoms with E-state index in [9.17, 15) is 23.9 Å². The molecule has 6 rings (SSSR count). The van der Waals surface area contributed by atoms with Crippen molar-refractivity contribution >= 4 is 17.9 Å². The number of allylic oxidation sites excluding steroid dienone is 4. The van der Waals surface area contributed by atoms with Gasteiger partial charge in [0.25, 0.3) is 0 Å². The minimum Gasteiger partial charge on any atom is -0.431 e. The number of alkyl halides is 2. The third-order valence-corrected chi connectivity index (χ3v) is 13.9. The number of aliphatic hydroxyl groups is 1. The van der Waals surface area contributed by atoms with E-state index in [0.29, 0.717) is 12.3 Å². The summed E-state index contributed by atoms with van der Waals surface area (Å²) in [4.78, 5) is 39.5. The number of fused-ring (bicyclic) bond motifs is 7. The molecule has 2 bridgehead atoms. The largest absolute Gasteiger partial charge is 0.509 e.